The molecule has 0 bridgehead atoms. The van der Waals surface area contributed by atoms with Gasteiger partial charge in [0.25, 0.3) is 0 Å². The van der Waals surface area contributed by atoms with Crippen molar-refractivity contribution in [1.82, 2.24) is 15.0 Å². The van der Waals surface area contributed by atoms with Crippen molar-refractivity contribution in [3.8, 4) is 6.01 Å². The Balaban J connectivity index is 2.73. The summed E-state index contributed by atoms with van der Waals surface area (Å²) in [5, 5.41) is 0. The van der Waals surface area contributed by atoms with Gasteiger partial charge in [0, 0.05) is 21.2 Å². The first-order chi connectivity index (χ1) is 6.51. The van der Waals surface area contributed by atoms with Crippen LogP contribution in [0.5, 0.6) is 6.01 Å². The number of aromatic nitrogens is 3. The molecular formula is C6H11IN4OSSi. The van der Waals surface area contributed by atoms with Gasteiger partial charge in [-0.05, 0) is 0 Å². The summed E-state index contributed by atoms with van der Waals surface area (Å²) in [5.74, 6) is 0.583. The van der Waals surface area contributed by atoms with Crippen LogP contribution < -0.4 is 9.17 Å². The van der Waals surface area contributed by atoms with E-state index in [9.17, 15) is 0 Å². The number of anilines is 1. The van der Waals surface area contributed by atoms with Crippen LogP contribution in [-0.4, -0.2) is 23.2 Å². The van der Waals surface area contributed by atoms with Crippen molar-refractivity contribution in [2.24, 2.45) is 0 Å². The second-order valence-electron chi connectivity index (χ2n) is 3.61. The normalized spacial score (nSPS) is 11.1. The number of nitrogens with zero attached hydrogens (tertiary/aromatic N) is 3. The summed E-state index contributed by atoms with van der Waals surface area (Å²) < 4.78 is 5.08. The van der Waals surface area contributed by atoms with Crippen molar-refractivity contribution < 1.29 is 4.18 Å². The Bertz CT molecular complexity index is 308. The second-order valence-corrected chi connectivity index (χ2v) is 9.73. The molecule has 0 aliphatic rings. The third-order valence-electron chi connectivity index (χ3n) is 1.14. The topological polar surface area (TPSA) is 59.9 Å². The quantitative estimate of drug-likeness (QED) is 0.515. The van der Waals surface area contributed by atoms with Crippen LogP contribution in [-0.2, 0) is 0 Å². The molecule has 1 aromatic heterocycles. The summed E-state index contributed by atoms with van der Waals surface area (Å²) in [4.78, 5) is 15.2. The fraction of sp³-hybridized carbons (Fsp3) is 0.500. The van der Waals surface area contributed by atoms with Crippen LogP contribution in [0, 0.1) is 0 Å². The molecule has 0 spiro atoms. The Morgan fingerprint density at radius 2 is 2.14 bits per heavy atom. The lowest BCUT2D eigenvalue weighted by Crippen LogP contribution is -2.33. The zero-order valence-corrected chi connectivity index (χ0v) is 12.1. The third-order valence-corrected chi connectivity index (χ3v) is 2.87. The first-order valence-electron chi connectivity index (χ1n) is 3.94. The molecule has 1 rings (SSSR count). The average molecular weight is 342 g/mol. The molecule has 0 saturated carbocycles. The Hall–Kier alpha value is -0.0931. The molecule has 8 heteroatoms. The lowest BCUT2D eigenvalue weighted by molar-refractivity contribution is 0.590. The molecule has 0 amide bonds. The lowest BCUT2D eigenvalue weighted by Gasteiger charge is -2.17. The Labute approximate surface area is 100 Å². The molecule has 0 unspecified atom stereocenters. The largest absolute Gasteiger partial charge is 0.380 e. The molecule has 0 atom stereocenters. The predicted octanol–water partition coefficient (Wildman–Crippen LogP) is 2.50. The van der Waals surface area contributed by atoms with Gasteiger partial charge in [-0.2, -0.15) is 9.97 Å². The maximum Gasteiger partial charge on any atom is 0.334 e. The molecule has 78 valence electrons. The molecule has 5 nitrogen and oxygen atoms in total. The van der Waals surface area contributed by atoms with Gasteiger partial charge in [-0.1, -0.05) is 19.6 Å². The molecule has 0 aliphatic heterocycles. The van der Waals surface area contributed by atoms with E-state index in [4.69, 9.17) is 4.18 Å². The molecule has 0 aliphatic carbocycles. The second kappa shape index (κ2) is 5.12. The molecular weight excluding hydrogens is 331 g/mol. The molecule has 0 fully saturated rings. The first kappa shape index (κ1) is 12.0. The Morgan fingerprint density at radius 1 is 1.43 bits per heavy atom. The van der Waals surface area contributed by atoms with Gasteiger partial charge in [0.1, 0.15) is 23.8 Å². The lowest BCUT2D eigenvalue weighted by atomic mass is 10.9. The Morgan fingerprint density at radius 3 is 2.71 bits per heavy atom. The van der Waals surface area contributed by atoms with Crippen molar-refractivity contribution in [3.05, 3.63) is 6.33 Å². The van der Waals surface area contributed by atoms with Crippen LogP contribution in [0.4, 0.5) is 5.95 Å². The Kier molecular flexibility index (Phi) is 4.38. The van der Waals surface area contributed by atoms with E-state index in [1.807, 2.05) is 21.2 Å². The third kappa shape index (κ3) is 4.42. The minimum atomic E-state index is -1.41. The number of halogens is 1. The average Bonchev–Trinajstić information content (AvgIpc) is 2.02. The number of rotatable bonds is 4. The highest BCUT2D eigenvalue weighted by Crippen LogP contribution is 2.17. The highest BCUT2D eigenvalue weighted by Gasteiger charge is 2.15. The summed E-state index contributed by atoms with van der Waals surface area (Å²) >= 11 is 2.01. The number of hydrogen-bond acceptors (Lipinski definition) is 6. The van der Waals surface area contributed by atoms with Crippen molar-refractivity contribution in [2.75, 3.05) is 4.98 Å². The summed E-state index contributed by atoms with van der Waals surface area (Å²) in [6.07, 6.45) is 1.44. The smallest absolute Gasteiger partial charge is 0.334 e. The minimum absolute atomic E-state index is 0.333. The van der Waals surface area contributed by atoms with Crippen molar-refractivity contribution in [2.45, 2.75) is 19.6 Å². The predicted molar refractivity (Wildman–Crippen MR) is 69.0 cm³/mol. The standard InChI is InChI=1S/C6H11IN4OSSi/c1-14(2,3)11-5-8-4-9-6(10-5)12-13-7/h4H,1-3H3,(H,8,9,10,11). The highest BCUT2D eigenvalue weighted by molar-refractivity contribution is 14.2. The van der Waals surface area contributed by atoms with Gasteiger partial charge in [-0.3, -0.25) is 0 Å². The zero-order chi connectivity index (χ0) is 10.6. The monoisotopic (exact) mass is 342 g/mol. The molecule has 1 N–H and O–H groups in total. The van der Waals surface area contributed by atoms with Crippen LogP contribution >= 0.6 is 30.4 Å². The van der Waals surface area contributed by atoms with Gasteiger partial charge in [-0.15, -0.1) is 0 Å². The van der Waals surface area contributed by atoms with E-state index >= 15 is 0 Å². The molecule has 1 aromatic rings. The summed E-state index contributed by atoms with van der Waals surface area (Å²) in [5.41, 5.74) is 0. The van der Waals surface area contributed by atoms with Crippen LogP contribution in [0.3, 0.4) is 0 Å². The molecule has 0 radical (unpaired) electrons. The van der Waals surface area contributed by atoms with Gasteiger partial charge in [0.05, 0.1) is 0 Å². The van der Waals surface area contributed by atoms with E-state index in [1.165, 1.54) is 15.5 Å². The molecule has 1 heterocycles. The first-order valence-corrected chi connectivity index (χ1v) is 10.7. The maximum atomic E-state index is 5.08. The van der Waals surface area contributed by atoms with Crippen molar-refractivity contribution >= 4 is 44.6 Å². The fourth-order valence-corrected chi connectivity index (χ4v) is 2.16. The maximum absolute atomic E-state index is 5.08. The van der Waals surface area contributed by atoms with E-state index in [1.54, 1.807) is 0 Å². The molecule has 0 saturated heterocycles. The van der Waals surface area contributed by atoms with E-state index in [0.29, 0.717) is 12.0 Å². The molecule has 14 heavy (non-hydrogen) atoms. The van der Waals surface area contributed by atoms with Gasteiger partial charge < -0.3 is 9.17 Å². The van der Waals surface area contributed by atoms with E-state index < -0.39 is 8.24 Å². The van der Waals surface area contributed by atoms with Crippen LogP contribution in [0.15, 0.2) is 6.33 Å². The molecule has 0 aromatic carbocycles. The van der Waals surface area contributed by atoms with Crippen LogP contribution in [0.1, 0.15) is 0 Å². The van der Waals surface area contributed by atoms with Gasteiger partial charge in [-0.25, -0.2) is 4.98 Å². The minimum Gasteiger partial charge on any atom is -0.380 e. The summed E-state index contributed by atoms with van der Waals surface area (Å²) in [7, 11) is -0.229. The number of nitrogens with one attached hydrogen (secondary N) is 1. The summed E-state index contributed by atoms with van der Waals surface area (Å²) in [6.45, 7) is 6.51. The van der Waals surface area contributed by atoms with Crippen LogP contribution in [0.25, 0.3) is 0 Å². The van der Waals surface area contributed by atoms with Gasteiger partial charge in [0.2, 0.25) is 5.95 Å². The number of hydrogen-bond donors (Lipinski definition) is 1. The zero-order valence-electron chi connectivity index (χ0n) is 8.11. The summed E-state index contributed by atoms with van der Waals surface area (Å²) in [6, 6.07) is 0.333. The van der Waals surface area contributed by atoms with Crippen molar-refractivity contribution in [1.29, 1.82) is 0 Å². The van der Waals surface area contributed by atoms with Crippen molar-refractivity contribution in [3.63, 3.8) is 0 Å². The highest BCUT2D eigenvalue weighted by atomic mass is 127. The van der Waals surface area contributed by atoms with Gasteiger partial charge >= 0.3 is 6.01 Å². The van der Waals surface area contributed by atoms with E-state index in [2.05, 4.69) is 39.6 Å². The fourth-order valence-electron chi connectivity index (χ4n) is 0.745. The van der Waals surface area contributed by atoms with Gasteiger partial charge in [0.15, 0.2) is 0 Å². The van der Waals surface area contributed by atoms with E-state index in [-0.39, 0.29) is 0 Å². The van der Waals surface area contributed by atoms with E-state index in [0.717, 1.165) is 0 Å². The SMILES string of the molecule is C[Si](C)(C)Nc1ncnc(OSI)n1. The van der Waals surface area contributed by atoms with Crippen LogP contribution in [0.2, 0.25) is 19.6 Å².